The average Bonchev–Trinajstić information content (AvgIpc) is 2.94. The fourth-order valence-corrected chi connectivity index (χ4v) is 4.34. The molecular weight excluding hydrogens is 254 g/mol. The SMILES string of the molecule is NC(=NO)C1CCCN(C2CCOC3(CCCC3)C2)C1. The van der Waals surface area contributed by atoms with Gasteiger partial charge < -0.3 is 15.7 Å². The van der Waals surface area contributed by atoms with E-state index in [1.54, 1.807) is 0 Å². The molecule has 1 saturated carbocycles. The van der Waals surface area contributed by atoms with Crippen LogP contribution in [-0.4, -0.2) is 47.3 Å². The summed E-state index contributed by atoms with van der Waals surface area (Å²) >= 11 is 0. The second kappa shape index (κ2) is 5.90. The molecule has 3 N–H and O–H groups in total. The molecule has 3 rings (SSSR count). The first-order valence-electron chi connectivity index (χ1n) is 8.08. The lowest BCUT2D eigenvalue weighted by Crippen LogP contribution is -2.52. The quantitative estimate of drug-likeness (QED) is 0.351. The number of hydrogen-bond donors (Lipinski definition) is 2. The van der Waals surface area contributed by atoms with Crippen LogP contribution in [0.3, 0.4) is 0 Å². The third-order valence-electron chi connectivity index (χ3n) is 5.48. The number of nitrogens with two attached hydrogens (primary N) is 1. The molecule has 2 heterocycles. The van der Waals surface area contributed by atoms with E-state index in [1.807, 2.05) is 0 Å². The first kappa shape index (κ1) is 14.1. The Morgan fingerprint density at radius 3 is 2.80 bits per heavy atom. The lowest BCUT2D eigenvalue weighted by atomic mass is 9.86. The Kier molecular flexibility index (Phi) is 4.17. The summed E-state index contributed by atoms with van der Waals surface area (Å²) in [6.45, 7) is 2.99. The van der Waals surface area contributed by atoms with Crippen LogP contribution in [-0.2, 0) is 4.74 Å². The molecule has 2 atom stereocenters. The van der Waals surface area contributed by atoms with E-state index in [9.17, 15) is 0 Å². The molecule has 0 aromatic heterocycles. The van der Waals surface area contributed by atoms with E-state index in [-0.39, 0.29) is 11.5 Å². The molecule has 1 spiro atoms. The standard InChI is InChI=1S/C15H27N3O2/c16-14(17-19)12-4-3-8-18(11-12)13-5-9-20-15(10-13)6-1-2-7-15/h12-13,19H,1-11H2,(H2,16,17). The third kappa shape index (κ3) is 2.79. The molecule has 114 valence electrons. The molecule has 3 aliphatic rings. The van der Waals surface area contributed by atoms with E-state index < -0.39 is 0 Å². The fraction of sp³-hybridized carbons (Fsp3) is 0.933. The van der Waals surface area contributed by atoms with Crippen LogP contribution in [0.4, 0.5) is 0 Å². The van der Waals surface area contributed by atoms with Crippen molar-refractivity contribution in [2.75, 3.05) is 19.7 Å². The van der Waals surface area contributed by atoms with Crippen molar-refractivity contribution in [1.82, 2.24) is 4.90 Å². The number of ether oxygens (including phenoxy) is 1. The zero-order valence-electron chi connectivity index (χ0n) is 12.3. The number of nitrogens with zero attached hydrogens (tertiary/aromatic N) is 2. The minimum atomic E-state index is 0.173. The van der Waals surface area contributed by atoms with Crippen LogP contribution in [0.15, 0.2) is 5.16 Å². The highest BCUT2D eigenvalue weighted by atomic mass is 16.5. The topological polar surface area (TPSA) is 71.1 Å². The van der Waals surface area contributed by atoms with Crippen molar-refractivity contribution in [3.8, 4) is 0 Å². The first-order chi connectivity index (χ1) is 9.72. The maximum Gasteiger partial charge on any atom is 0.143 e. The third-order valence-corrected chi connectivity index (χ3v) is 5.48. The molecule has 2 unspecified atom stereocenters. The molecule has 0 bridgehead atoms. The van der Waals surface area contributed by atoms with E-state index in [4.69, 9.17) is 15.7 Å². The van der Waals surface area contributed by atoms with Gasteiger partial charge in [0.1, 0.15) is 5.84 Å². The molecule has 5 heteroatoms. The average molecular weight is 281 g/mol. The van der Waals surface area contributed by atoms with Gasteiger partial charge >= 0.3 is 0 Å². The monoisotopic (exact) mass is 281 g/mol. The Morgan fingerprint density at radius 1 is 1.25 bits per heavy atom. The van der Waals surface area contributed by atoms with E-state index in [0.717, 1.165) is 39.0 Å². The van der Waals surface area contributed by atoms with Crippen molar-refractivity contribution in [3.05, 3.63) is 0 Å². The zero-order valence-corrected chi connectivity index (χ0v) is 12.3. The lowest BCUT2D eigenvalue weighted by Gasteiger charge is -2.45. The summed E-state index contributed by atoms with van der Waals surface area (Å²) in [7, 11) is 0. The predicted octanol–water partition coefficient (Wildman–Crippen LogP) is 1.94. The van der Waals surface area contributed by atoms with Crippen LogP contribution < -0.4 is 5.73 Å². The van der Waals surface area contributed by atoms with Gasteiger partial charge in [-0.1, -0.05) is 18.0 Å². The van der Waals surface area contributed by atoms with Crippen LogP contribution in [0.2, 0.25) is 0 Å². The van der Waals surface area contributed by atoms with Gasteiger partial charge in [0.05, 0.1) is 5.60 Å². The Bertz CT molecular complexity index is 366. The van der Waals surface area contributed by atoms with Gasteiger partial charge in [0.25, 0.3) is 0 Å². The number of oxime groups is 1. The predicted molar refractivity (Wildman–Crippen MR) is 77.9 cm³/mol. The van der Waals surface area contributed by atoms with Crippen molar-refractivity contribution < 1.29 is 9.94 Å². The summed E-state index contributed by atoms with van der Waals surface area (Å²) in [5, 5.41) is 12.1. The Labute approximate surface area is 121 Å². The molecule has 2 saturated heterocycles. The van der Waals surface area contributed by atoms with Crippen LogP contribution in [0.25, 0.3) is 0 Å². The second-order valence-corrected chi connectivity index (χ2v) is 6.74. The van der Waals surface area contributed by atoms with Crippen LogP contribution in [0.1, 0.15) is 51.4 Å². The molecule has 0 amide bonds. The van der Waals surface area contributed by atoms with E-state index in [0.29, 0.717) is 11.9 Å². The number of likely N-dealkylation sites (tertiary alicyclic amines) is 1. The van der Waals surface area contributed by atoms with Gasteiger partial charge in [0, 0.05) is 25.1 Å². The summed E-state index contributed by atoms with van der Waals surface area (Å²) in [6, 6.07) is 0.621. The van der Waals surface area contributed by atoms with Gasteiger partial charge in [-0.2, -0.15) is 0 Å². The van der Waals surface area contributed by atoms with Gasteiger partial charge in [0.15, 0.2) is 0 Å². The minimum Gasteiger partial charge on any atom is -0.409 e. The zero-order chi connectivity index (χ0) is 14.0. The number of hydrogen-bond acceptors (Lipinski definition) is 4. The molecule has 2 aliphatic heterocycles. The van der Waals surface area contributed by atoms with E-state index in [2.05, 4.69) is 10.1 Å². The van der Waals surface area contributed by atoms with Crippen LogP contribution in [0.5, 0.6) is 0 Å². The maximum atomic E-state index is 8.88. The van der Waals surface area contributed by atoms with Gasteiger partial charge in [0.2, 0.25) is 0 Å². The molecule has 20 heavy (non-hydrogen) atoms. The van der Waals surface area contributed by atoms with Crippen molar-refractivity contribution in [3.63, 3.8) is 0 Å². The van der Waals surface area contributed by atoms with Crippen molar-refractivity contribution in [2.45, 2.75) is 63.0 Å². The lowest BCUT2D eigenvalue weighted by molar-refractivity contribution is -0.104. The van der Waals surface area contributed by atoms with Crippen molar-refractivity contribution in [1.29, 1.82) is 0 Å². The van der Waals surface area contributed by atoms with Gasteiger partial charge in [-0.05, 0) is 45.1 Å². The summed E-state index contributed by atoms with van der Waals surface area (Å²) < 4.78 is 6.13. The summed E-state index contributed by atoms with van der Waals surface area (Å²) in [4.78, 5) is 2.56. The molecule has 5 nitrogen and oxygen atoms in total. The van der Waals surface area contributed by atoms with Crippen molar-refractivity contribution in [2.24, 2.45) is 16.8 Å². The number of amidine groups is 1. The molecule has 3 fully saturated rings. The number of rotatable bonds is 2. The highest BCUT2D eigenvalue weighted by Crippen LogP contribution is 2.41. The molecule has 0 aromatic rings. The van der Waals surface area contributed by atoms with Gasteiger partial charge in [-0.3, -0.25) is 4.90 Å². The highest BCUT2D eigenvalue weighted by Gasteiger charge is 2.42. The Balaban J connectivity index is 1.63. The highest BCUT2D eigenvalue weighted by molar-refractivity contribution is 5.82. The van der Waals surface area contributed by atoms with E-state index in [1.165, 1.54) is 32.1 Å². The smallest absolute Gasteiger partial charge is 0.143 e. The molecular formula is C15H27N3O2. The molecule has 1 aliphatic carbocycles. The van der Waals surface area contributed by atoms with Gasteiger partial charge in [-0.25, -0.2) is 0 Å². The van der Waals surface area contributed by atoms with Crippen molar-refractivity contribution >= 4 is 5.84 Å². The fourth-order valence-electron chi connectivity index (χ4n) is 4.34. The Hall–Kier alpha value is -0.810. The molecule has 0 aromatic carbocycles. The number of piperidine rings is 1. The normalized spacial score (nSPS) is 35.5. The van der Waals surface area contributed by atoms with E-state index >= 15 is 0 Å². The Morgan fingerprint density at radius 2 is 2.05 bits per heavy atom. The van der Waals surface area contributed by atoms with Gasteiger partial charge in [-0.15, -0.1) is 0 Å². The minimum absolute atomic E-state index is 0.173. The first-order valence-corrected chi connectivity index (χ1v) is 8.08. The largest absolute Gasteiger partial charge is 0.409 e. The summed E-state index contributed by atoms with van der Waals surface area (Å²) in [6.07, 6.45) is 9.60. The molecule has 0 radical (unpaired) electrons. The maximum absolute atomic E-state index is 8.88. The summed E-state index contributed by atoms with van der Waals surface area (Å²) in [5.41, 5.74) is 5.98. The second-order valence-electron chi connectivity index (χ2n) is 6.74. The van der Waals surface area contributed by atoms with Crippen LogP contribution in [0, 0.1) is 5.92 Å². The van der Waals surface area contributed by atoms with Crippen LogP contribution >= 0.6 is 0 Å². The summed E-state index contributed by atoms with van der Waals surface area (Å²) in [5.74, 6) is 0.619.